The lowest BCUT2D eigenvalue weighted by Crippen LogP contribution is -2.39. The maximum absolute atomic E-state index is 12.8. The van der Waals surface area contributed by atoms with Crippen LogP contribution in [0, 0.1) is 0 Å². The van der Waals surface area contributed by atoms with E-state index in [0.717, 1.165) is 29.6 Å². The number of pyridine rings is 2. The molecule has 0 fully saturated rings. The third kappa shape index (κ3) is 3.05. The van der Waals surface area contributed by atoms with E-state index in [4.69, 9.17) is 0 Å². The monoisotopic (exact) mass is 376 g/mol. The Labute approximate surface area is 170 Å². The average Bonchev–Trinajstić information content (AvgIpc) is 2.76. The number of benzene rings is 1. The summed E-state index contributed by atoms with van der Waals surface area (Å²) in [6.07, 6.45) is 16.6. The summed E-state index contributed by atoms with van der Waals surface area (Å²) in [6, 6.07) is 16.7. The molecule has 1 aromatic carbocycles. The van der Waals surface area contributed by atoms with E-state index in [1.165, 1.54) is 16.7 Å². The first-order valence-corrected chi connectivity index (χ1v) is 9.79. The SMILES string of the molecule is O=C1C=CC=C2C1=Cc1ccccc1C2(Cc1ccncc1)Cc1ccncc1. The summed E-state index contributed by atoms with van der Waals surface area (Å²) in [5, 5.41) is 0. The van der Waals surface area contributed by atoms with Gasteiger partial charge in [0, 0.05) is 35.8 Å². The van der Waals surface area contributed by atoms with Crippen LogP contribution < -0.4 is 0 Å². The van der Waals surface area contributed by atoms with Crippen molar-refractivity contribution in [2.24, 2.45) is 0 Å². The van der Waals surface area contributed by atoms with E-state index in [-0.39, 0.29) is 11.2 Å². The fraction of sp³-hybridized carbons (Fsp3) is 0.115. The van der Waals surface area contributed by atoms with Crippen molar-refractivity contribution in [2.75, 3.05) is 0 Å². The maximum atomic E-state index is 12.8. The first-order chi connectivity index (χ1) is 14.3. The molecule has 2 aromatic heterocycles. The Kier molecular flexibility index (Phi) is 4.28. The molecule has 3 aromatic rings. The maximum Gasteiger partial charge on any atom is 0.186 e. The van der Waals surface area contributed by atoms with E-state index in [9.17, 15) is 4.79 Å². The van der Waals surface area contributed by atoms with Gasteiger partial charge in [-0.2, -0.15) is 0 Å². The zero-order valence-electron chi connectivity index (χ0n) is 16.0. The predicted molar refractivity (Wildman–Crippen MR) is 114 cm³/mol. The van der Waals surface area contributed by atoms with E-state index in [0.29, 0.717) is 0 Å². The number of fused-ring (bicyclic) bond motifs is 2. The third-order valence-electron chi connectivity index (χ3n) is 5.87. The van der Waals surface area contributed by atoms with Crippen LogP contribution in [0.4, 0.5) is 0 Å². The van der Waals surface area contributed by atoms with Crippen LogP contribution >= 0.6 is 0 Å². The predicted octanol–water partition coefficient (Wildman–Crippen LogP) is 4.66. The second kappa shape index (κ2) is 7.10. The number of allylic oxidation sites excluding steroid dienone is 5. The van der Waals surface area contributed by atoms with Gasteiger partial charge in [-0.1, -0.05) is 36.4 Å². The standard InChI is InChI=1S/C26H20N2O/c29-25-7-3-6-24-22(25)16-21-4-1-2-5-23(21)26(24,17-19-8-12-27-13-9-19)18-20-10-14-28-15-11-20/h1-16H,17-18H2. The van der Waals surface area contributed by atoms with E-state index in [1.54, 1.807) is 6.08 Å². The molecule has 2 aliphatic rings. The smallest absolute Gasteiger partial charge is 0.186 e. The largest absolute Gasteiger partial charge is 0.289 e. The summed E-state index contributed by atoms with van der Waals surface area (Å²) in [4.78, 5) is 21.2. The molecule has 0 saturated carbocycles. The summed E-state index contributed by atoms with van der Waals surface area (Å²) in [7, 11) is 0. The van der Waals surface area contributed by atoms with Gasteiger partial charge in [-0.05, 0) is 77.1 Å². The van der Waals surface area contributed by atoms with Crippen LogP contribution in [0.2, 0.25) is 0 Å². The number of carbonyl (C=O) groups excluding carboxylic acids is 1. The highest BCUT2D eigenvalue weighted by Gasteiger charge is 2.43. The molecule has 0 saturated heterocycles. The number of nitrogens with zero attached hydrogens (tertiary/aromatic N) is 2. The molecule has 0 amide bonds. The fourth-order valence-corrected chi connectivity index (χ4v) is 4.61. The summed E-state index contributed by atoms with van der Waals surface area (Å²) in [6.45, 7) is 0. The van der Waals surface area contributed by atoms with E-state index >= 15 is 0 Å². The zero-order valence-corrected chi connectivity index (χ0v) is 16.0. The van der Waals surface area contributed by atoms with E-state index in [1.807, 2.05) is 43.0 Å². The topological polar surface area (TPSA) is 42.9 Å². The van der Waals surface area contributed by atoms with Crippen molar-refractivity contribution in [3.05, 3.63) is 125 Å². The van der Waals surface area contributed by atoms with Gasteiger partial charge in [0.15, 0.2) is 5.78 Å². The molecule has 140 valence electrons. The Bertz CT molecular complexity index is 1120. The minimum absolute atomic E-state index is 0.0748. The number of ketones is 1. The summed E-state index contributed by atoms with van der Waals surface area (Å²) < 4.78 is 0. The molecule has 3 nitrogen and oxygen atoms in total. The fourth-order valence-electron chi connectivity index (χ4n) is 4.61. The van der Waals surface area contributed by atoms with Gasteiger partial charge in [0.25, 0.3) is 0 Å². The molecule has 2 aliphatic carbocycles. The van der Waals surface area contributed by atoms with Gasteiger partial charge in [0.2, 0.25) is 0 Å². The van der Waals surface area contributed by atoms with Gasteiger partial charge < -0.3 is 0 Å². The van der Waals surface area contributed by atoms with Crippen molar-refractivity contribution >= 4 is 11.9 Å². The van der Waals surface area contributed by atoms with Gasteiger partial charge in [-0.25, -0.2) is 0 Å². The van der Waals surface area contributed by atoms with Crippen molar-refractivity contribution in [2.45, 2.75) is 18.3 Å². The Balaban J connectivity index is 1.77. The molecule has 0 N–H and O–H groups in total. The quantitative estimate of drug-likeness (QED) is 0.665. The van der Waals surface area contributed by atoms with Gasteiger partial charge in [-0.3, -0.25) is 14.8 Å². The highest BCUT2D eigenvalue weighted by Crippen LogP contribution is 2.48. The van der Waals surface area contributed by atoms with Crippen molar-refractivity contribution in [3.8, 4) is 0 Å². The Morgan fingerprint density at radius 3 is 2.07 bits per heavy atom. The molecule has 0 bridgehead atoms. The summed E-state index contributed by atoms with van der Waals surface area (Å²) in [5.41, 5.74) is 6.33. The normalized spacial score (nSPS) is 16.5. The van der Waals surface area contributed by atoms with Crippen LogP contribution in [0.3, 0.4) is 0 Å². The van der Waals surface area contributed by atoms with Crippen LogP contribution in [-0.4, -0.2) is 15.8 Å². The molecule has 29 heavy (non-hydrogen) atoms. The van der Waals surface area contributed by atoms with Gasteiger partial charge in [0.1, 0.15) is 0 Å². The molecular weight excluding hydrogens is 356 g/mol. The second-order valence-corrected chi connectivity index (χ2v) is 7.60. The molecule has 0 unspecified atom stereocenters. The first-order valence-electron chi connectivity index (χ1n) is 9.79. The summed E-state index contributed by atoms with van der Waals surface area (Å²) in [5.74, 6) is 0.0748. The molecule has 0 spiro atoms. The molecule has 0 aliphatic heterocycles. The Morgan fingerprint density at radius 1 is 0.793 bits per heavy atom. The molecule has 5 rings (SSSR count). The molecular formula is C26H20N2O. The minimum Gasteiger partial charge on any atom is -0.289 e. The highest BCUT2D eigenvalue weighted by atomic mass is 16.1. The highest BCUT2D eigenvalue weighted by molar-refractivity contribution is 6.13. The molecule has 2 heterocycles. The number of hydrogen-bond acceptors (Lipinski definition) is 3. The zero-order chi connectivity index (χ0) is 19.7. The lowest BCUT2D eigenvalue weighted by atomic mass is 9.60. The lowest BCUT2D eigenvalue weighted by Gasteiger charge is -2.42. The minimum atomic E-state index is -0.343. The van der Waals surface area contributed by atoms with E-state index in [2.05, 4.69) is 58.5 Å². The Morgan fingerprint density at radius 2 is 1.41 bits per heavy atom. The molecule has 0 radical (unpaired) electrons. The van der Waals surface area contributed by atoms with Crippen LogP contribution in [0.5, 0.6) is 0 Å². The van der Waals surface area contributed by atoms with Crippen molar-refractivity contribution in [3.63, 3.8) is 0 Å². The number of rotatable bonds is 4. The van der Waals surface area contributed by atoms with Crippen LogP contribution in [0.15, 0.2) is 103 Å². The number of hydrogen-bond donors (Lipinski definition) is 0. The summed E-state index contributed by atoms with van der Waals surface area (Å²) >= 11 is 0. The van der Waals surface area contributed by atoms with Crippen LogP contribution in [0.25, 0.3) is 6.08 Å². The van der Waals surface area contributed by atoms with Crippen LogP contribution in [0.1, 0.15) is 22.3 Å². The molecule has 0 atom stereocenters. The lowest BCUT2D eigenvalue weighted by molar-refractivity contribution is -0.111. The van der Waals surface area contributed by atoms with Crippen LogP contribution in [-0.2, 0) is 23.1 Å². The van der Waals surface area contributed by atoms with Crippen molar-refractivity contribution in [1.82, 2.24) is 9.97 Å². The van der Waals surface area contributed by atoms with Crippen molar-refractivity contribution in [1.29, 1.82) is 0 Å². The second-order valence-electron chi connectivity index (χ2n) is 7.60. The van der Waals surface area contributed by atoms with Crippen molar-refractivity contribution < 1.29 is 4.79 Å². The number of aromatic nitrogens is 2. The van der Waals surface area contributed by atoms with Gasteiger partial charge >= 0.3 is 0 Å². The third-order valence-corrected chi connectivity index (χ3v) is 5.87. The van der Waals surface area contributed by atoms with Gasteiger partial charge in [-0.15, -0.1) is 0 Å². The Hall–Kier alpha value is -3.59. The van der Waals surface area contributed by atoms with Gasteiger partial charge in [0.05, 0.1) is 0 Å². The first kappa shape index (κ1) is 17.5. The molecule has 3 heteroatoms. The van der Waals surface area contributed by atoms with E-state index < -0.39 is 0 Å². The number of carbonyl (C=O) groups is 1. The average molecular weight is 376 g/mol.